The fraction of sp³-hybridized carbons (Fsp3) is 0.455. The highest BCUT2D eigenvalue weighted by atomic mass is 16.3. The number of benzene rings is 1. The van der Waals surface area contributed by atoms with E-state index in [9.17, 15) is 9.90 Å². The lowest BCUT2D eigenvalue weighted by Gasteiger charge is -2.19. The van der Waals surface area contributed by atoms with Crippen molar-refractivity contribution < 1.29 is 9.90 Å². The molecule has 0 radical (unpaired) electrons. The maximum Gasteiger partial charge on any atom is 0.246 e. The van der Waals surface area contributed by atoms with E-state index in [2.05, 4.69) is 43.2 Å². The fourth-order valence-electron chi connectivity index (χ4n) is 3.03. The number of aliphatic hydroxyl groups excluding tert-OH is 1. The van der Waals surface area contributed by atoms with Crippen LogP contribution in [-0.2, 0) is 11.3 Å². The summed E-state index contributed by atoms with van der Waals surface area (Å²) in [6.07, 6.45) is 5.40. The number of unbranched alkanes of at least 4 members (excludes halogenated alkanes) is 1. The van der Waals surface area contributed by atoms with Gasteiger partial charge in [-0.3, -0.25) is 9.48 Å². The molecule has 0 saturated carbocycles. The van der Waals surface area contributed by atoms with Crippen LogP contribution >= 0.6 is 0 Å². The standard InChI is InChI=1S/C22H31N3O2/c1-5-6-13-24(14-15-26)22(27)12-11-21-18(3)23-25(19(21)4)16-20-9-7-17(2)8-10-20/h7-12,26H,5-6,13-16H2,1-4H3/b12-11+. The van der Waals surface area contributed by atoms with Crippen molar-refractivity contribution in [1.82, 2.24) is 14.7 Å². The van der Waals surface area contributed by atoms with E-state index in [1.807, 2.05) is 24.6 Å². The van der Waals surface area contributed by atoms with Gasteiger partial charge in [0.25, 0.3) is 0 Å². The molecule has 0 atom stereocenters. The number of amides is 1. The summed E-state index contributed by atoms with van der Waals surface area (Å²) in [4.78, 5) is 14.2. The summed E-state index contributed by atoms with van der Waals surface area (Å²) in [6, 6.07) is 8.44. The Bertz CT molecular complexity index is 776. The van der Waals surface area contributed by atoms with Crippen molar-refractivity contribution in [2.45, 2.75) is 47.1 Å². The molecule has 5 heteroatoms. The first kappa shape index (κ1) is 20.9. The number of carbonyl (C=O) groups is 1. The third-order valence-corrected chi connectivity index (χ3v) is 4.75. The minimum absolute atomic E-state index is 0.0180. The normalized spacial score (nSPS) is 11.3. The van der Waals surface area contributed by atoms with E-state index in [0.717, 1.165) is 29.8 Å². The van der Waals surface area contributed by atoms with E-state index < -0.39 is 0 Å². The van der Waals surface area contributed by atoms with Gasteiger partial charge < -0.3 is 10.0 Å². The van der Waals surface area contributed by atoms with Crippen LogP contribution in [0.5, 0.6) is 0 Å². The molecular weight excluding hydrogens is 338 g/mol. The molecule has 2 aromatic rings. The van der Waals surface area contributed by atoms with Crippen molar-refractivity contribution >= 4 is 12.0 Å². The van der Waals surface area contributed by atoms with Gasteiger partial charge in [-0.15, -0.1) is 0 Å². The minimum Gasteiger partial charge on any atom is -0.395 e. The zero-order valence-corrected chi connectivity index (χ0v) is 16.9. The SMILES string of the molecule is CCCCN(CCO)C(=O)/C=C/c1c(C)nn(Cc2ccc(C)cc2)c1C. The van der Waals surface area contributed by atoms with E-state index in [1.54, 1.807) is 11.0 Å². The second kappa shape index (κ2) is 10.1. The number of hydrogen-bond donors (Lipinski definition) is 1. The Balaban J connectivity index is 2.13. The Hall–Kier alpha value is -2.40. The smallest absolute Gasteiger partial charge is 0.246 e. The molecule has 0 aliphatic heterocycles. The lowest BCUT2D eigenvalue weighted by Crippen LogP contribution is -2.33. The van der Waals surface area contributed by atoms with Gasteiger partial charge in [0.1, 0.15) is 0 Å². The number of carbonyl (C=O) groups excluding carboxylic acids is 1. The van der Waals surface area contributed by atoms with Crippen LogP contribution in [0.4, 0.5) is 0 Å². The fourth-order valence-corrected chi connectivity index (χ4v) is 3.03. The molecule has 1 amide bonds. The van der Waals surface area contributed by atoms with E-state index in [-0.39, 0.29) is 12.5 Å². The van der Waals surface area contributed by atoms with Gasteiger partial charge in [0.15, 0.2) is 0 Å². The van der Waals surface area contributed by atoms with Gasteiger partial charge in [0.05, 0.1) is 18.8 Å². The molecule has 1 N–H and O–H groups in total. The number of rotatable bonds is 9. The monoisotopic (exact) mass is 369 g/mol. The Kier molecular flexibility index (Phi) is 7.80. The van der Waals surface area contributed by atoms with Crippen LogP contribution in [0.1, 0.15) is 47.8 Å². The predicted octanol–water partition coefficient (Wildman–Crippen LogP) is 3.49. The topological polar surface area (TPSA) is 58.4 Å². The van der Waals surface area contributed by atoms with E-state index in [1.165, 1.54) is 11.1 Å². The van der Waals surface area contributed by atoms with E-state index in [0.29, 0.717) is 19.6 Å². The Morgan fingerprint density at radius 3 is 2.52 bits per heavy atom. The highest BCUT2D eigenvalue weighted by molar-refractivity contribution is 5.92. The summed E-state index contributed by atoms with van der Waals surface area (Å²) in [5, 5.41) is 13.8. The maximum absolute atomic E-state index is 12.5. The summed E-state index contributed by atoms with van der Waals surface area (Å²) in [5.74, 6) is -0.0671. The van der Waals surface area contributed by atoms with Gasteiger partial charge in [0, 0.05) is 30.4 Å². The molecule has 1 aromatic carbocycles. The Morgan fingerprint density at radius 1 is 1.19 bits per heavy atom. The summed E-state index contributed by atoms with van der Waals surface area (Å²) in [7, 11) is 0. The molecule has 0 aliphatic carbocycles. The minimum atomic E-state index is -0.0671. The van der Waals surface area contributed by atoms with Crippen molar-refractivity contribution in [3.05, 3.63) is 58.4 Å². The highest BCUT2D eigenvalue weighted by Gasteiger charge is 2.12. The van der Waals surface area contributed by atoms with Crippen LogP contribution in [0.3, 0.4) is 0 Å². The first-order valence-electron chi connectivity index (χ1n) is 9.63. The molecule has 146 valence electrons. The quantitative estimate of drug-likeness (QED) is 0.689. The van der Waals surface area contributed by atoms with E-state index >= 15 is 0 Å². The zero-order chi connectivity index (χ0) is 19.8. The summed E-state index contributed by atoms with van der Waals surface area (Å²) < 4.78 is 1.98. The molecule has 5 nitrogen and oxygen atoms in total. The highest BCUT2D eigenvalue weighted by Crippen LogP contribution is 2.17. The third-order valence-electron chi connectivity index (χ3n) is 4.75. The molecule has 27 heavy (non-hydrogen) atoms. The van der Waals surface area contributed by atoms with Crippen molar-refractivity contribution in [2.75, 3.05) is 19.7 Å². The lowest BCUT2D eigenvalue weighted by atomic mass is 10.1. The Labute approximate surface area is 162 Å². The van der Waals surface area contributed by atoms with Gasteiger partial charge >= 0.3 is 0 Å². The van der Waals surface area contributed by atoms with Crippen LogP contribution in [0.15, 0.2) is 30.3 Å². The molecule has 0 fully saturated rings. The largest absolute Gasteiger partial charge is 0.395 e. The number of aryl methyl sites for hydroxylation is 2. The van der Waals surface area contributed by atoms with E-state index in [4.69, 9.17) is 0 Å². The zero-order valence-electron chi connectivity index (χ0n) is 16.9. The molecule has 1 aromatic heterocycles. The van der Waals surface area contributed by atoms with Gasteiger partial charge in [-0.05, 0) is 38.8 Å². The summed E-state index contributed by atoms with van der Waals surface area (Å²) >= 11 is 0. The van der Waals surface area contributed by atoms with Gasteiger partial charge in [0.2, 0.25) is 5.91 Å². The summed E-state index contributed by atoms with van der Waals surface area (Å²) in [5.41, 5.74) is 5.37. The maximum atomic E-state index is 12.5. The molecule has 2 rings (SSSR count). The van der Waals surface area contributed by atoms with Crippen molar-refractivity contribution in [2.24, 2.45) is 0 Å². The summed E-state index contributed by atoms with van der Waals surface area (Å²) in [6.45, 7) is 9.89. The van der Waals surface area contributed by atoms with Crippen LogP contribution in [0.2, 0.25) is 0 Å². The van der Waals surface area contributed by atoms with Crippen molar-refractivity contribution in [1.29, 1.82) is 0 Å². The number of hydrogen-bond acceptors (Lipinski definition) is 3. The van der Waals surface area contributed by atoms with Crippen LogP contribution in [0.25, 0.3) is 6.08 Å². The second-order valence-electron chi connectivity index (χ2n) is 6.96. The number of aliphatic hydroxyl groups is 1. The van der Waals surface area contributed by atoms with Crippen molar-refractivity contribution in [3.63, 3.8) is 0 Å². The lowest BCUT2D eigenvalue weighted by molar-refractivity contribution is -0.126. The van der Waals surface area contributed by atoms with Gasteiger partial charge in [-0.2, -0.15) is 5.10 Å². The number of aromatic nitrogens is 2. The van der Waals surface area contributed by atoms with Crippen LogP contribution < -0.4 is 0 Å². The average Bonchev–Trinajstić information content (AvgIpc) is 2.91. The second-order valence-corrected chi connectivity index (χ2v) is 6.96. The molecule has 0 unspecified atom stereocenters. The number of nitrogens with zero attached hydrogens (tertiary/aromatic N) is 3. The average molecular weight is 370 g/mol. The first-order chi connectivity index (χ1) is 13.0. The predicted molar refractivity (Wildman–Crippen MR) is 110 cm³/mol. The third kappa shape index (κ3) is 5.79. The molecule has 0 bridgehead atoms. The van der Waals surface area contributed by atoms with Gasteiger partial charge in [-0.25, -0.2) is 0 Å². The van der Waals surface area contributed by atoms with Gasteiger partial charge in [-0.1, -0.05) is 43.2 Å². The van der Waals surface area contributed by atoms with Crippen LogP contribution in [-0.4, -0.2) is 45.4 Å². The van der Waals surface area contributed by atoms with Crippen LogP contribution in [0, 0.1) is 20.8 Å². The first-order valence-corrected chi connectivity index (χ1v) is 9.63. The Morgan fingerprint density at radius 2 is 1.89 bits per heavy atom. The molecule has 0 spiro atoms. The molecule has 0 aliphatic rings. The molecular formula is C22H31N3O2. The molecule has 1 heterocycles. The molecule has 0 saturated heterocycles. The van der Waals surface area contributed by atoms with Crippen molar-refractivity contribution in [3.8, 4) is 0 Å².